The lowest BCUT2D eigenvalue weighted by Gasteiger charge is -2.21. The van der Waals surface area contributed by atoms with Gasteiger partial charge in [-0.15, -0.1) is 0 Å². The van der Waals surface area contributed by atoms with Crippen LogP contribution < -0.4 is 4.90 Å². The van der Waals surface area contributed by atoms with Gasteiger partial charge in [-0.05, 0) is 63.3 Å². The Kier molecular flexibility index (Phi) is 6.56. The summed E-state index contributed by atoms with van der Waals surface area (Å²) < 4.78 is 1.05. The fourth-order valence-electron chi connectivity index (χ4n) is 3.00. The van der Waals surface area contributed by atoms with E-state index in [0.29, 0.717) is 17.2 Å². The molecule has 29 heavy (non-hydrogen) atoms. The zero-order valence-corrected chi connectivity index (χ0v) is 17.6. The second-order valence-electron chi connectivity index (χ2n) is 7.07. The summed E-state index contributed by atoms with van der Waals surface area (Å²) in [7, 11) is 3.99. The molecule has 0 radical (unpaired) electrons. The minimum absolute atomic E-state index is 0.0345. The highest BCUT2D eigenvalue weighted by Gasteiger charge is 2.22. The number of aryl methyl sites for hydroxylation is 1. The SMILES string of the molecule is CCc1ccc2nc(N(CCCN(C)C)C(=O)c3ccc([N+](=O)[O-])cc3)sc2c1. The van der Waals surface area contributed by atoms with Crippen LogP contribution in [0.15, 0.2) is 42.5 Å². The molecule has 1 heterocycles. The molecular formula is C21H24N4O3S. The van der Waals surface area contributed by atoms with Gasteiger partial charge in [-0.1, -0.05) is 24.3 Å². The van der Waals surface area contributed by atoms with Gasteiger partial charge in [0.15, 0.2) is 5.13 Å². The molecule has 0 unspecified atom stereocenters. The van der Waals surface area contributed by atoms with Crippen LogP contribution in [0.5, 0.6) is 0 Å². The van der Waals surface area contributed by atoms with Gasteiger partial charge in [-0.25, -0.2) is 4.98 Å². The number of nitro groups is 1. The molecule has 0 saturated heterocycles. The lowest BCUT2D eigenvalue weighted by atomic mass is 10.2. The summed E-state index contributed by atoms with van der Waals surface area (Å²) in [5, 5.41) is 11.5. The Morgan fingerprint density at radius 3 is 2.48 bits per heavy atom. The summed E-state index contributed by atoms with van der Waals surface area (Å²) in [4.78, 5) is 32.1. The van der Waals surface area contributed by atoms with E-state index in [1.807, 2.05) is 20.2 Å². The smallest absolute Gasteiger partial charge is 0.269 e. The van der Waals surface area contributed by atoms with Crippen LogP contribution in [0.4, 0.5) is 10.8 Å². The van der Waals surface area contributed by atoms with E-state index in [9.17, 15) is 14.9 Å². The van der Waals surface area contributed by atoms with Crippen molar-refractivity contribution in [3.63, 3.8) is 0 Å². The van der Waals surface area contributed by atoms with Crippen molar-refractivity contribution in [3.8, 4) is 0 Å². The Hall–Kier alpha value is -2.84. The highest BCUT2D eigenvalue weighted by Crippen LogP contribution is 2.31. The fraction of sp³-hybridized carbons (Fsp3) is 0.333. The third kappa shape index (κ3) is 4.96. The van der Waals surface area contributed by atoms with Gasteiger partial charge in [0.1, 0.15) is 0 Å². The third-order valence-electron chi connectivity index (χ3n) is 4.64. The van der Waals surface area contributed by atoms with Crippen LogP contribution in [0.25, 0.3) is 10.2 Å². The van der Waals surface area contributed by atoms with E-state index in [1.165, 1.54) is 41.2 Å². The fourth-order valence-corrected chi connectivity index (χ4v) is 4.06. The minimum Gasteiger partial charge on any atom is -0.309 e. The zero-order chi connectivity index (χ0) is 21.0. The highest BCUT2D eigenvalue weighted by atomic mass is 32.1. The summed E-state index contributed by atoms with van der Waals surface area (Å²) in [6.45, 7) is 3.47. The van der Waals surface area contributed by atoms with Gasteiger partial charge >= 0.3 is 0 Å². The number of nitro benzene ring substituents is 1. The molecule has 0 fully saturated rings. The molecule has 8 heteroatoms. The van der Waals surface area contributed by atoms with Crippen molar-refractivity contribution in [2.24, 2.45) is 0 Å². The standard InChI is InChI=1S/C21H24N4O3S/c1-4-15-6-11-18-19(14-15)29-21(22-18)24(13-5-12-23(2)3)20(26)16-7-9-17(10-8-16)25(27)28/h6-11,14H,4-5,12-13H2,1-3H3. The molecule has 0 spiro atoms. The average Bonchev–Trinajstić information content (AvgIpc) is 3.13. The predicted molar refractivity (Wildman–Crippen MR) is 117 cm³/mol. The number of thiazole rings is 1. The van der Waals surface area contributed by atoms with Crippen molar-refractivity contribution in [2.45, 2.75) is 19.8 Å². The maximum Gasteiger partial charge on any atom is 0.269 e. The molecule has 3 aromatic rings. The first-order valence-corrected chi connectivity index (χ1v) is 10.3. The zero-order valence-electron chi connectivity index (χ0n) is 16.8. The Bertz CT molecular complexity index is 1010. The summed E-state index contributed by atoms with van der Waals surface area (Å²) in [5.74, 6) is -0.201. The molecule has 152 valence electrons. The summed E-state index contributed by atoms with van der Waals surface area (Å²) >= 11 is 1.50. The molecule has 0 aliphatic rings. The molecule has 7 nitrogen and oxygen atoms in total. The van der Waals surface area contributed by atoms with Gasteiger partial charge in [0.05, 0.1) is 15.1 Å². The number of benzene rings is 2. The molecular weight excluding hydrogens is 388 g/mol. The van der Waals surface area contributed by atoms with Crippen molar-refractivity contribution in [1.82, 2.24) is 9.88 Å². The highest BCUT2D eigenvalue weighted by molar-refractivity contribution is 7.22. The Labute approximate surface area is 173 Å². The molecule has 0 N–H and O–H groups in total. The first kappa shape index (κ1) is 20.9. The summed E-state index contributed by atoms with van der Waals surface area (Å²) in [6, 6.07) is 11.9. The van der Waals surface area contributed by atoms with Crippen LogP contribution in [-0.2, 0) is 6.42 Å². The topological polar surface area (TPSA) is 79.6 Å². The Morgan fingerprint density at radius 1 is 1.14 bits per heavy atom. The number of fused-ring (bicyclic) bond motifs is 1. The number of rotatable bonds is 8. The van der Waals surface area contributed by atoms with Crippen molar-refractivity contribution >= 4 is 38.3 Å². The van der Waals surface area contributed by atoms with E-state index < -0.39 is 4.92 Å². The molecule has 0 bridgehead atoms. The van der Waals surface area contributed by atoms with Crippen LogP contribution in [0.2, 0.25) is 0 Å². The van der Waals surface area contributed by atoms with E-state index in [1.54, 1.807) is 4.90 Å². The summed E-state index contributed by atoms with van der Waals surface area (Å²) in [5.41, 5.74) is 2.48. The molecule has 0 aliphatic heterocycles. The van der Waals surface area contributed by atoms with Gasteiger partial charge in [0.2, 0.25) is 0 Å². The molecule has 0 aliphatic carbocycles. The molecule has 3 rings (SSSR count). The molecule has 2 aromatic carbocycles. The van der Waals surface area contributed by atoms with E-state index in [0.717, 1.165) is 29.6 Å². The van der Waals surface area contributed by atoms with Crippen molar-refractivity contribution < 1.29 is 9.72 Å². The van der Waals surface area contributed by atoms with Gasteiger partial charge in [-0.3, -0.25) is 19.8 Å². The number of non-ortho nitro benzene ring substituents is 1. The number of amides is 1. The Morgan fingerprint density at radius 2 is 1.86 bits per heavy atom. The third-order valence-corrected chi connectivity index (χ3v) is 5.68. The largest absolute Gasteiger partial charge is 0.309 e. The van der Waals surface area contributed by atoms with Crippen molar-refractivity contribution in [2.75, 3.05) is 32.1 Å². The lowest BCUT2D eigenvalue weighted by Crippen LogP contribution is -2.33. The number of hydrogen-bond acceptors (Lipinski definition) is 6. The second kappa shape index (κ2) is 9.11. The molecule has 0 atom stereocenters. The van der Waals surface area contributed by atoms with E-state index in [4.69, 9.17) is 0 Å². The van der Waals surface area contributed by atoms with Crippen LogP contribution in [0, 0.1) is 10.1 Å². The van der Waals surface area contributed by atoms with Crippen molar-refractivity contribution in [1.29, 1.82) is 0 Å². The molecule has 1 aromatic heterocycles. The van der Waals surface area contributed by atoms with Gasteiger partial charge in [-0.2, -0.15) is 0 Å². The monoisotopic (exact) mass is 412 g/mol. The first-order chi connectivity index (χ1) is 13.9. The minimum atomic E-state index is -0.470. The Balaban J connectivity index is 1.92. The average molecular weight is 413 g/mol. The lowest BCUT2D eigenvalue weighted by molar-refractivity contribution is -0.384. The first-order valence-electron chi connectivity index (χ1n) is 9.49. The molecule has 1 amide bonds. The maximum absolute atomic E-state index is 13.2. The van der Waals surface area contributed by atoms with E-state index >= 15 is 0 Å². The predicted octanol–water partition coefficient (Wildman–Crippen LogP) is 4.37. The second-order valence-corrected chi connectivity index (χ2v) is 8.08. The van der Waals surface area contributed by atoms with Crippen LogP contribution in [0.1, 0.15) is 29.3 Å². The van der Waals surface area contributed by atoms with E-state index in [-0.39, 0.29) is 11.6 Å². The maximum atomic E-state index is 13.2. The normalized spacial score (nSPS) is 11.2. The quantitative estimate of drug-likeness (QED) is 0.406. The number of carbonyl (C=O) groups is 1. The van der Waals surface area contributed by atoms with Gasteiger partial charge in [0, 0.05) is 24.2 Å². The van der Waals surface area contributed by atoms with Gasteiger partial charge in [0.25, 0.3) is 11.6 Å². The number of nitrogens with zero attached hydrogens (tertiary/aromatic N) is 4. The number of aromatic nitrogens is 1. The van der Waals surface area contributed by atoms with E-state index in [2.05, 4.69) is 28.9 Å². The number of carbonyl (C=O) groups excluding carboxylic acids is 1. The number of anilines is 1. The molecule has 0 saturated carbocycles. The van der Waals surface area contributed by atoms with Crippen LogP contribution in [0.3, 0.4) is 0 Å². The van der Waals surface area contributed by atoms with Gasteiger partial charge < -0.3 is 4.90 Å². The van der Waals surface area contributed by atoms with Crippen LogP contribution in [-0.4, -0.2) is 47.9 Å². The summed E-state index contributed by atoms with van der Waals surface area (Å²) in [6.07, 6.45) is 1.74. The van der Waals surface area contributed by atoms with Crippen molar-refractivity contribution in [3.05, 3.63) is 63.7 Å². The number of hydrogen-bond donors (Lipinski definition) is 0. The van der Waals surface area contributed by atoms with Crippen LogP contribution >= 0.6 is 11.3 Å².